The molecule has 1 aliphatic carbocycles. The molecule has 0 saturated heterocycles. The average Bonchev–Trinajstić information content (AvgIpc) is 3.38. The number of nitrogens with zero attached hydrogens (tertiary/aromatic N) is 2. The van der Waals surface area contributed by atoms with Gasteiger partial charge in [-0.05, 0) is 53.6 Å². The highest BCUT2D eigenvalue weighted by atomic mass is 35.5. The van der Waals surface area contributed by atoms with Gasteiger partial charge in [0.05, 0.1) is 10.9 Å². The zero-order chi connectivity index (χ0) is 18.3. The Labute approximate surface area is 155 Å². The molecule has 1 aliphatic rings. The maximum atomic E-state index is 13.0. The number of fused-ring (bicyclic) bond motifs is 1. The number of aromatic nitrogens is 2. The Hall–Kier alpha value is -2.53. The molecular formula is C20H17ClFN3O. The zero-order valence-corrected chi connectivity index (χ0v) is 14.9. The van der Waals surface area contributed by atoms with E-state index >= 15 is 0 Å². The number of alkyl halides is 1. The van der Waals surface area contributed by atoms with Crippen molar-refractivity contribution in [2.24, 2.45) is 5.92 Å². The Balaban J connectivity index is 1.73. The molecule has 1 amide bonds. The van der Waals surface area contributed by atoms with Crippen molar-refractivity contribution < 1.29 is 9.18 Å². The van der Waals surface area contributed by atoms with E-state index in [1.165, 1.54) is 5.56 Å². The van der Waals surface area contributed by atoms with Gasteiger partial charge >= 0.3 is 0 Å². The Morgan fingerprint density at radius 2 is 2.15 bits per heavy atom. The number of amides is 1. The van der Waals surface area contributed by atoms with Crippen LogP contribution < -0.4 is 5.32 Å². The van der Waals surface area contributed by atoms with Gasteiger partial charge in [0, 0.05) is 29.5 Å². The summed E-state index contributed by atoms with van der Waals surface area (Å²) in [5, 5.41) is 4.92. The van der Waals surface area contributed by atoms with Gasteiger partial charge in [-0.1, -0.05) is 18.5 Å². The van der Waals surface area contributed by atoms with E-state index < -0.39 is 12.1 Å². The predicted octanol–water partition coefficient (Wildman–Crippen LogP) is 4.81. The molecule has 0 spiro atoms. The maximum absolute atomic E-state index is 13.0. The molecule has 2 aromatic heterocycles. The molecule has 1 fully saturated rings. The highest BCUT2D eigenvalue weighted by Gasteiger charge is 2.43. The van der Waals surface area contributed by atoms with Gasteiger partial charge in [-0.2, -0.15) is 0 Å². The molecule has 1 saturated carbocycles. The normalized spacial score (nSPS) is 18.7. The number of nitrogens with one attached hydrogen (secondary N) is 1. The first kappa shape index (κ1) is 16.9. The number of hydrogen-bond acceptors (Lipinski definition) is 3. The van der Waals surface area contributed by atoms with Crippen molar-refractivity contribution in [2.45, 2.75) is 25.9 Å². The standard InChI is InChI=1S/C20H17ClFN3O/c1-2-11-3-4-23-9-15(11)12-5-13-7-19(24-10-16(13)17(21)6-12)25-20(26)14-8-18(14)22/h3-7,9-10,14,18H,2,8H2,1H3,(H,24,25,26)/t14-,18?/m1/s1. The number of carbonyl (C=O) groups is 1. The second-order valence-corrected chi connectivity index (χ2v) is 6.89. The third kappa shape index (κ3) is 3.15. The fourth-order valence-electron chi connectivity index (χ4n) is 3.08. The summed E-state index contributed by atoms with van der Waals surface area (Å²) in [7, 11) is 0. The van der Waals surface area contributed by atoms with Crippen LogP contribution in [-0.2, 0) is 11.2 Å². The molecule has 2 atom stereocenters. The van der Waals surface area contributed by atoms with Gasteiger partial charge in [-0.15, -0.1) is 0 Å². The second kappa shape index (κ2) is 6.65. The van der Waals surface area contributed by atoms with Gasteiger partial charge in [0.25, 0.3) is 0 Å². The van der Waals surface area contributed by atoms with Gasteiger partial charge in [0.2, 0.25) is 5.91 Å². The van der Waals surface area contributed by atoms with E-state index in [0.29, 0.717) is 10.8 Å². The summed E-state index contributed by atoms with van der Waals surface area (Å²) in [4.78, 5) is 20.4. The fraction of sp³-hybridized carbons (Fsp3) is 0.250. The first-order valence-electron chi connectivity index (χ1n) is 8.54. The summed E-state index contributed by atoms with van der Waals surface area (Å²) < 4.78 is 13.0. The SMILES string of the molecule is CCc1ccncc1-c1cc(Cl)c2cnc(NC(=O)[C@@H]3CC3F)cc2c1. The number of anilines is 1. The minimum absolute atomic E-state index is 0.288. The smallest absolute Gasteiger partial charge is 0.231 e. The van der Waals surface area contributed by atoms with Crippen molar-refractivity contribution in [3.8, 4) is 11.1 Å². The van der Waals surface area contributed by atoms with Crippen molar-refractivity contribution in [2.75, 3.05) is 5.32 Å². The summed E-state index contributed by atoms with van der Waals surface area (Å²) in [6, 6.07) is 7.66. The molecule has 6 heteroatoms. The quantitative estimate of drug-likeness (QED) is 0.718. The average molecular weight is 370 g/mol. The molecule has 1 aromatic carbocycles. The number of hydrogen-bond donors (Lipinski definition) is 1. The minimum Gasteiger partial charge on any atom is -0.310 e. The Morgan fingerprint density at radius 3 is 2.88 bits per heavy atom. The molecule has 132 valence electrons. The highest BCUT2D eigenvalue weighted by molar-refractivity contribution is 6.36. The number of aryl methyl sites for hydroxylation is 1. The lowest BCUT2D eigenvalue weighted by molar-refractivity contribution is -0.117. The fourth-order valence-corrected chi connectivity index (χ4v) is 3.36. The maximum Gasteiger partial charge on any atom is 0.231 e. The molecule has 0 bridgehead atoms. The molecule has 26 heavy (non-hydrogen) atoms. The number of carbonyl (C=O) groups excluding carboxylic acids is 1. The largest absolute Gasteiger partial charge is 0.310 e. The molecular weight excluding hydrogens is 353 g/mol. The molecule has 3 aromatic rings. The molecule has 2 heterocycles. The number of benzene rings is 1. The molecule has 4 rings (SSSR count). The van der Waals surface area contributed by atoms with E-state index in [2.05, 4.69) is 22.2 Å². The van der Waals surface area contributed by atoms with Crippen molar-refractivity contribution in [1.29, 1.82) is 0 Å². The van der Waals surface area contributed by atoms with Gasteiger partial charge < -0.3 is 5.32 Å². The summed E-state index contributed by atoms with van der Waals surface area (Å²) in [5.41, 5.74) is 3.17. The number of rotatable bonds is 4. The van der Waals surface area contributed by atoms with E-state index in [4.69, 9.17) is 11.6 Å². The first-order chi connectivity index (χ1) is 12.6. The summed E-state index contributed by atoms with van der Waals surface area (Å²) in [6.07, 6.45) is 5.37. The molecule has 1 N–H and O–H groups in total. The van der Waals surface area contributed by atoms with Crippen LogP contribution in [0.4, 0.5) is 10.2 Å². The Kier molecular flexibility index (Phi) is 4.32. The van der Waals surface area contributed by atoms with Crippen LogP contribution in [0.2, 0.25) is 5.02 Å². The lowest BCUT2D eigenvalue weighted by Crippen LogP contribution is -2.15. The summed E-state index contributed by atoms with van der Waals surface area (Å²) >= 11 is 6.45. The van der Waals surface area contributed by atoms with E-state index in [1.807, 2.05) is 24.4 Å². The van der Waals surface area contributed by atoms with Crippen LogP contribution in [0.15, 0.2) is 42.9 Å². The van der Waals surface area contributed by atoms with Crippen LogP contribution in [0.5, 0.6) is 0 Å². The predicted molar refractivity (Wildman–Crippen MR) is 101 cm³/mol. The van der Waals surface area contributed by atoms with Crippen LogP contribution in [0.1, 0.15) is 18.9 Å². The third-order valence-corrected chi connectivity index (χ3v) is 5.00. The summed E-state index contributed by atoms with van der Waals surface area (Å²) in [5.74, 6) is -0.478. The lowest BCUT2D eigenvalue weighted by atomic mass is 9.98. The number of pyridine rings is 2. The summed E-state index contributed by atoms with van der Waals surface area (Å²) in [6.45, 7) is 2.09. The van der Waals surface area contributed by atoms with Gasteiger partial charge in [-0.3, -0.25) is 9.78 Å². The van der Waals surface area contributed by atoms with E-state index in [9.17, 15) is 9.18 Å². The lowest BCUT2D eigenvalue weighted by Gasteiger charge is -2.11. The van der Waals surface area contributed by atoms with Crippen molar-refractivity contribution in [3.05, 3.63) is 53.4 Å². The molecule has 0 radical (unpaired) electrons. The van der Waals surface area contributed by atoms with Crippen LogP contribution in [0.25, 0.3) is 21.9 Å². The van der Waals surface area contributed by atoms with E-state index in [0.717, 1.165) is 28.3 Å². The monoisotopic (exact) mass is 369 g/mol. The van der Waals surface area contributed by atoms with Crippen molar-refractivity contribution in [3.63, 3.8) is 0 Å². The third-order valence-electron chi connectivity index (χ3n) is 4.69. The van der Waals surface area contributed by atoms with Crippen LogP contribution in [0.3, 0.4) is 0 Å². The Bertz CT molecular complexity index is 1010. The van der Waals surface area contributed by atoms with E-state index in [-0.39, 0.29) is 12.3 Å². The van der Waals surface area contributed by atoms with Crippen LogP contribution in [0, 0.1) is 5.92 Å². The van der Waals surface area contributed by atoms with Gasteiger partial charge in [-0.25, -0.2) is 9.37 Å². The number of halogens is 2. The van der Waals surface area contributed by atoms with Crippen LogP contribution in [-0.4, -0.2) is 22.0 Å². The van der Waals surface area contributed by atoms with Crippen molar-refractivity contribution in [1.82, 2.24) is 9.97 Å². The minimum atomic E-state index is -1.03. The zero-order valence-electron chi connectivity index (χ0n) is 14.2. The second-order valence-electron chi connectivity index (χ2n) is 6.48. The molecule has 0 aliphatic heterocycles. The molecule has 4 nitrogen and oxygen atoms in total. The van der Waals surface area contributed by atoms with Gasteiger partial charge in [0.1, 0.15) is 12.0 Å². The van der Waals surface area contributed by atoms with Crippen LogP contribution >= 0.6 is 11.6 Å². The van der Waals surface area contributed by atoms with Gasteiger partial charge in [0.15, 0.2) is 0 Å². The molecule has 1 unspecified atom stereocenters. The first-order valence-corrected chi connectivity index (χ1v) is 8.92. The highest BCUT2D eigenvalue weighted by Crippen LogP contribution is 2.36. The van der Waals surface area contributed by atoms with E-state index in [1.54, 1.807) is 18.5 Å². The Morgan fingerprint density at radius 1 is 1.35 bits per heavy atom. The topological polar surface area (TPSA) is 54.9 Å². The van der Waals surface area contributed by atoms with Crippen molar-refractivity contribution >= 4 is 34.1 Å².